The van der Waals surface area contributed by atoms with Crippen LogP contribution in [0, 0.1) is 11.8 Å². The maximum Gasteiger partial charge on any atom is 0.243 e. The number of sulfonamides is 1. The summed E-state index contributed by atoms with van der Waals surface area (Å²) in [5.74, 6) is 0.976. The lowest BCUT2D eigenvalue weighted by Gasteiger charge is -2.45. The Morgan fingerprint density at radius 3 is 2.47 bits per heavy atom. The van der Waals surface area contributed by atoms with Crippen LogP contribution in [0.5, 0.6) is 0 Å². The molecule has 2 aliphatic heterocycles. The number of rotatable bonds is 7. The average Bonchev–Trinajstić information content (AvgIpc) is 2.93. The molecule has 168 valence electrons. The Kier molecular flexibility index (Phi) is 7.17. The van der Waals surface area contributed by atoms with Gasteiger partial charge in [0.1, 0.15) is 0 Å². The van der Waals surface area contributed by atoms with Gasteiger partial charge in [-0.1, -0.05) is 51.8 Å². The van der Waals surface area contributed by atoms with E-state index >= 15 is 0 Å². The molecule has 1 N–H and O–H groups in total. The average molecular weight is 456 g/mol. The minimum Gasteiger partial charge on any atom is -0.323 e. The lowest BCUT2D eigenvalue weighted by molar-refractivity contribution is -0.134. The molecule has 0 unspecified atom stereocenters. The predicted molar refractivity (Wildman–Crippen MR) is 120 cm³/mol. The summed E-state index contributed by atoms with van der Waals surface area (Å²) >= 11 is 6.01. The van der Waals surface area contributed by atoms with Gasteiger partial charge in [-0.3, -0.25) is 10.1 Å². The molecular weight excluding hydrogens is 422 g/mol. The molecule has 2 fully saturated rings. The van der Waals surface area contributed by atoms with Gasteiger partial charge in [-0.15, -0.1) is 0 Å². The van der Waals surface area contributed by atoms with Crippen LogP contribution in [0.2, 0.25) is 5.02 Å². The second-order valence-electron chi connectivity index (χ2n) is 9.18. The van der Waals surface area contributed by atoms with Crippen molar-refractivity contribution in [2.75, 3.05) is 19.6 Å². The summed E-state index contributed by atoms with van der Waals surface area (Å²) < 4.78 is 27.7. The quantitative estimate of drug-likeness (QED) is 0.680. The van der Waals surface area contributed by atoms with Crippen molar-refractivity contribution in [3.63, 3.8) is 0 Å². The molecule has 30 heavy (non-hydrogen) atoms. The van der Waals surface area contributed by atoms with Crippen molar-refractivity contribution in [1.29, 1.82) is 0 Å². The van der Waals surface area contributed by atoms with Gasteiger partial charge >= 0.3 is 0 Å². The van der Waals surface area contributed by atoms with Crippen molar-refractivity contribution >= 4 is 27.5 Å². The number of halogens is 1. The van der Waals surface area contributed by atoms with Crippen LogP contribution in [0.3, 0.4) is 0 Å². The summed E-state index contributed by atoms with van der Waals surface area (Å²) in [6, 6.07) is 6.21. The molecule has 1 amide bonds. The number of carbonyl (C=O) groups is 1. The third-order valence-corrected chi connectivity index (χ3v) is 8.54. The molecule has 2 saturated heterocycles. The number of benzene rings is 1. The summed E-state index contributed by atoms with van der Waals surface area (Å²) in [7, 11) is -3.60. The molecule has 3 rings (SSSR count). The van der Waals surface area contributed by atoms with Crippen LogP contribution >= 0.6 is 11.6 Å². The van der Waals surface area contributed by atoms with Crippen LogP contribution in [0.25, 0.3) is 0 Å². The van der Waals surface area contributed by atoms with Crippen molar-refractivity contribution in [1.82, 2.24) is 14.5 Å². The van der Waals surface area contributed by atoms with Crippen LogP contribution in [0.4, 0.5) is 0 Å². The highest BCUT2D eigenvalue weighted by Gasteiger charge is 2.52. The van der Waals surface area contributed by atoms with E-state index in [0.717, 1.165) is 12.8 Å². The third-order valence-electron chi connectivity index (χ3n) is 6.41. The molecule has 2 heterocycles. The van der Waals surface area contributed by atoms with Gasteiger partial charge in [-0.25, -0.2) is 8.42 Å². The minimum absolute atomic E-state index is 0.162. The molecule has 1 spiro atoms. The first-order chi connectivity index (χ1) is 14.1. The number of carbonyl (C=O) groups excluding carboxylic acids is 1. The Morgan fingerprint density at radius 2 is 1.90 bits per heavy atom. The van der Waals surface area contributed by atoms with Crippen LogP contribution in [-0.2, 0) is 14.8 Å². The molecule has 1 aromatic rings. The summed E-state index contributed by atoms with van der Waals surface area (Å²) in [6.07, 6.45) is 2.97. The zero-order chi connectivity index (χ0) is 22.1. The standard InChI is InChI=1S/C22H34ClN3O3S/c1-5-17(4)15-26-21(27)20(13-16(2)3)24-22(26)9-11-25(12-10-22)30(28,29)19-8-6-7-18(23)14-19/h6-8,14,16-17,20,24H,5,9-13,15H2,1-4H3/t17-,20+/m1/s1. The highest BCUT2D eigenvalue weighted by molar-refractivity contribution is 7.89. The van der Waals surface area contributed by atoms with Gasteiger partial charge in [0.2, 0.25) is 15.9 Å². The van der Waals surface area contributed by atoms with E-state index in [4.69, 9.17) is 11.6 Å². The zero-order valence-corrected chi connectivity index (χ0v) is 20.0. The Labute approximate surface area is 186 Å². The van der Waals surface area contributed by atoms with Gasteiger partial charge in [0.05, 0.1) is 16.6 Å². The Morgan fingerprint density at radius 1 is 1.23 bits per heavy atom. The maximum atomic E-state index is 13.2. The van der Waals surface area contributed by atoms with Crippen molar-refractivity contribution in [3.8, 4) is 0 Å². The number of hydrogen-bond donors (Lipinski definition) is 1. The maximum absolute atomic E-state index is 13.2. The van der Waals surface area contributed by atoms with Gasteiger partial charge in [-0.05, 0) is 49.3 Å². The second kappa shape index (κ2) is 9.15. The van der Waals surface area contributed by atoms with Gasteiger partial charge in [0, 0.05) is 24.7 Å². The van der Waals surface area contributed by atoms with Crippen LogP contribution in [0.1, 0.15) is 53.4 Å². The minimum atomic E-state index is -3.60. The monoisotopic (exact) mass is 455 g/mol. The predicted octanol–water partition coefficient (Wildman–Crippen LogP) is 3.71. The number of piperidine rings is 1. The Bertz CT molecular complexity index is 866. The van der Waals surface area contributed by atoms with Crippen molar-refractivity contribution in [2.45, 2.75) is 70.0 Å². The van der Waals surface area contributed by atoms with Crippen LogP contribution in [0.15, 0.2) is 29.2 Å². The van der Waals surface area contributed by atoms with Gasteiger partial charge < -0.3 is 4.90 Å². The van der Waals surface area contributed by atoms with E-state index in [-0.39, 0.29) is 16.8 Å². The first-order valence-corrected chi connectivity index (χ1v) is 12.8. The molecular formula is C22H34ClN3O3S. The van der Waals surface area contributed by atoms with E-state index < -0.39 is 15.7 Å². The molecule has 0 aliphatic carbocycles. The van der Waals surface area contributed by atoms with Crippen molar-refractivity contribution in [2.24, 2.45) is 11.8 Å². The first-order valence-electron chi connectivity index (χ1n) is 10.9. The summed E-state index contributed by atoms with van der Waals surface area (Å²) in [4.78, 5) is 15.4. The Hall–Kier alpha value is -1.15. The van der Waals surface area contributed by atoms with E-state index in [1.54, 1.807) is 18.2 Å². The van der Waals surface area contributed by atoms with Crippen LogP contribution in [-0.4, -0.2) is 54.9 Å². The molecule has 2 atom stereocenters. The molecule has 0 bridgehead atoms. The number of hydrogen-bond acceptors (Lipinski definition) is 4. The molecule has 0 saturated carbocycles. The fourth-order valence-corrected chi connectivity index (χ4v) is 6.23. The molecule has 1 aromatic carbocycles. The fraction of sp³-hybridized carbons (Fsp3) is 0.682. The van der Waals surface area contributed by atoms with E-state index in [1.165, 1.54) is 10.4 Å². The number of nitrogens with zero attached hydrogens (tertiary/aromatic N) is 2. The van der Waals surface area contributed by atoms with Gasteiger partial charge in [0.25, 0.3) is 0 Å². The topological polar surface area (TPSA) is 69.7 Å². The highest BCUT2D eigenvalue weighted by Crippen LogP contribution is 2.36. The lowest BCUT2D eigenvalue weighted by Crippen LogP contribution is -2.60. The molecule has 2 aliphatic rings. The summed E-state index contributed by atoms with van der Waals surface area (Å²) in [5.41, 5.74) is -0.458. The second-order valence-corrected chi connectivity index (χ2v) is 11.6. The van der Waals surface area contributed by atoms with Gasteiger partial charge in [-0.2, -0.15) is 4.31 Å². The summed E-state index contributed by atoms with van der Waals surface area (Å²) in [6.45, 7) is 10.0. The van der Waals surface area contributed by atoms with E-state index in [1.807, 2.05) is 4.90 Å². The molecule has 8 heteroatoms. The fourth-order valence-electron chi connectivity index (χ4n) is 4.49. The smallest absolute Gasteiger partial charge is 0.243 e. The molecule has 0 radical (unpaired) electrons. The normalized spacial score (nSPS) is 23.5. The number of amides is 1. The van der Waals surface area contributed by atoms with Crippen LogP contribution < -0.4 is 5.32 Å². The van der Waals surface area contributed by atoms with E-state index in [2.05, 4.69) is 33.0 Å². The van der Waals surface area contributed by atoms with E-state index in [0.29, 0.717) is 49.3 Å². The Balaban J connectivity index is 1.80. The van der Waals surface area contributed by atoms with Gasteiger partial charge in [0.15, 0.2) is 0 Å². The van der Waals surface area contributed by atoms with E-state index in [9.17, 15) is 13.2 Å². The first kappa shape index (κ1) is 23.5. The largest absolute Gasteiger partial charge is 0.323 e. The zero-order valence-electron chi connectivity index (χ0n) is 18.4. The molecule has 6 nitrogen and oxygen atoms in total. The summed E-state index contributed by atoms with van der Waals surface area (Å²) in [5, 5.41) is 4.03. The highest BCUT2D eigenvalue weighted by atomic mass is 35.5. The van der Waals surface area contributed by atoms with Crippen molar-refractivity contribution in [3.05, 3.63) is 29.3 Å². The third kappa shape index (κ3) is 4.69. The number of nitrogens with one attached hydrogen (secondary N) is 1. The molecule has 0 aromatic heterocycles. The lowest BCUT2D eigenvalue weighted by atomic mass is 9.95. The SMILES string of the molecule is CC[C@@H](C)CN1C(=O)[C@H](CC(C)C)NC12CCN(S(=O)(=O)c1cccc(Cl)c1)CC2. The van der Waals surface area contributed by atoms with Crippen molar-refractivity contribution < 1.29 is 13.2 Å².